The van der Waals surface area contributed by atoms with Crippen molar-refractivity contribution in [2.45, 2.75) is 32.9 Å². The first-order valence-electron chi connectivity index (χ1n) is 7.19. The number of para-hydroxylation sites is 2. The minimum atomic E-state index is -0.561. The fourth-order valence-corrected chi connectivity index (χ4v) is 1.88. The predicted octanol–water partition coefficient (Wildman–Crippen LogP) is 4.11. The molecule has 6 nitrogen and oxygen atoms in total. The van der Waals surface area contributed by atoms with Crippen molar-refractivity contribution >= 4 is 17.5 Å². The van der Waals surface area contributed by atoms with Gasteiger partial charge in [-0.25, -0.2) is 4.79 Å². The lowest BCUT2D eigenvalue weighted by Gasteiger charge is -2.20. The number of nitrogens with one attached hydrogen (secondary N) is 2. The molecule has 6 heteroatoms. The van der Waals surface area contributed by atoms with Crippen molar-refractivity contribution in [3.63, 3.8) is 0 Å². The Labute approximate surface area is 135 Å². The molecule has 0 bridgehead atoms. The molecule has 1 aromatic heterocycles. The zero-order valence-corrected chi connectivity index (χ0v) is 13.3. The summed E-state index contributed by atoms with van der Waals surface area (Å²) in [4.78, 5) is 11.9. The zero-order valence-electron chi connectivity index (χ0n) is 13.3. The number of amides is 1. The van der Waals surface area contributed by atoms with E-state index in [1.54, 1.807) is 39.0 Å². The van der Waals surface area contributed by atoms with E-state index in [1.165, 1.54) is 0 Å². The first kappa shape index (κ1) is 16.4. The Morgan fingerprint density at radius 1 is 1.22 bits per heavy atom. The molecule has 2 rings (SSSR count). The Morgan fingerprint density at radius 3 is 2.52 bits per heavy atom. The van der Waals surface area contributed by atoms with Gasteiger partial charge in [0.1, 0.15) is 17.4 Å². The van der Waals surface area contributed by atoms with Crippen LogP contribution in [0.4, 0.5) is 16.2 Å². The Balaban J connectivity index is 2.02. The van der Waals surface area contributed by atoms with Crippen molar-refractivity contribution in [2.75, 3.05) is 10.6 Å². The predicted molar refractivity (Wildman–Crippen MR) is 87.0 cm³/mol. The summed E-state index contributed by atoms with van der Waals surface area (Å²) >= 11 is 0. The van der Waals surface area contributed by atoms with Crippen molar-refractivity contribution in [3.05, 3.63) is 47.9 Å². The van der Waals surface area contributed by atoms with Crippen LogP contribution in [0.25, 0.3) is 0 Å². The lowest BCUT2D eigenvalue weighted by molar-refractivity contribution is 0.0636. The molecule has 0 unspecified atom stereocenters. The van der Waals surface area contributed by atoms with Gasteiger partial charge in [0.25, 0.3) is 0 Å². The summed E-state index contributed by atoms with van der Waals surface area (Å²) in [6, 6.07) is 12.6. The van der Waals surface area contributed by atoms with Crippen LogP contribution in [0, 0.1) is 11.3 Å². The Kier molecular flexibility index (Phi) is 4.91. The second kappa shape index (κ2) is 6.88. The second-order valence-corrected chi connectivity index (χ2v) is 5.90. The lowest BCUT2D eigenvalue weighted by atomic mass is 10.2. The molecule has 0 spiro atoms. The molecule has 1 heterocycles. The molecule has 0 aliphatic rings. The fraction of sp³-hybridized carbons (Fsp3) is 0.294. The normalized spacial score (nSPS) is 10.7. The molecule has 1 aromatic carbocycles. The summed E-state index contributed by atoms with van der Waals surface area (Å²) < 4.78 is 10.6. The topological polar surface area (TPSA) is 87.3 Å². The summed E-state index contributed by atoms with van der Waals surface area (Å²) in [6.07, 6.45) is -0.517. The van der Waals surface area contributed by atoms with Gasteiger partial charge in [0.15, 0.2) is 0 Å². The van der Waals surface area contributed by atoms with E-state index in [-0.39, 0.29) is 5.76 Å². The summed E-state index contributed by atoms with van der Waals surface area (Å²) in [7, 11) is 0. The van der Waals surface area contributed by atoms with Crippen molar-refractivity contribution < 1.29 is 13.9 Å². The second-order valence-electron chi connectivity index (χ2n) is 5.90. The van der Waals surface area contributed by atoms with Gasteiger partial charge in [0, 0.05) is 0 Å². The van der Waals surface area contributed by atoms with Gasteiger partial charge < -0.3 is 14.5 Å². The summed E-state index contributed by atoms with van der Waals surface area (Å²) in [5, 5.41) is 14.6. The number of hydrogen-bond donors (Lipinski definition) is 2. The number of furan rings is 1. The highest BCUT2D eigenvalue weighted by Crippen LogP contribution is 2.23. The van der Waals surface area contributed by atoms with Gasteiger partial charge in [0.2, 0.25) is 5.76 Å². The van der Waals surface area contributed by atoms with E-state index in [0.717, 1.165) is 5.69 Å². The SMILES string of the molecule is CC(C)(C)OC(=O)Nc1ccccc1NCc1ccc(C#N)o1. The molecule has 1 amide bonds. The number of carbonyl (C=O) groups is 1. The number of nitrogens with zero attached hydrogens (tertiary/aromatic N) is 1. The van der Waals surface area contributed by atoms with Crippen LogP contribution in [-0.2, 0) is 11.3 Å². The van der Waals surface area contributed by atoms with Crippen molar-refractivity contribution in [3.8, 4) is 6.07 Å². The lowest BCUT2D eigenvalue weighted by Crippen LogP contribution is -2.27. The number of rotatable bonds is 4. The van der Waals surface area contributed by atoms with Crippen LogP contribution in [0.3, 0.4) is 0 Å². The molecule has 2 N–H and O–H groups in total. The third-order valence-corrected chi connectivity index (χ3v) is 2.79. The van der Waals surface area contributed by atoms with E-state index < -0.39 is 11.7 Å². The fourth-order valence-electron chi connectivity index (χ4n) is 1.88. The summed E-state index contributed by atoms with van der Waals surface area (Å²) in [5.74, 6) is 0.899. The van der Waals surface area contributed by atoms with E-state index in [9.17, 15) is 4.79 Å². The van der Waals surface area contributed by atoms with Crippen molar-refractivity contribution in [1.82, 2.24) is 0 Å². The molecule has 0 radical (unpaired) electrons. The molecule has 0 fully saturated rings. The van der Waals surface area contributed by atoms with Crippen LogP contribution in [-0.4, -0.2) is 11.7 Å². The smallest absolute Gasteiger partial charge is 0.412 e. The first-order chi connectivity index (χ1) is 10.9. The molecule has 120 valence electrons. The van der Waals surface area contributed by atoms with Crippen molar-refractivity contribution in [1.29, 1.82) is 5.26 Å². The average Bonchev–Trinajstić information content (AvgIpc) is 2.92. The van der Waals surface area contributed by atoms with Crippen LogP contribution in [0.15, 0.2) is 40.8 Å². The Hall–Kier alpha value is -2.94. The van der Waals surface area contributed by atoms with E-state index in [1.807, 2.05) is 24.3 Å². The van der Waals surface area contributed by atoms with Crippen LogP contribution >= 0.6 is 0 Å². The molecular formula is C17H19N3O3. The monoisotopic (exact) mass is 313 g/mol. The number of carbonyl (C=O) groups excluding carboxylic acids is 1. The number of ether oxygens (including phenoxy) is 1. The quantitative estimate of drug-likeness (QED) is 0.887. The third-order valence-electron chi connectivity index (χ3n) is 2.79. The average molecular weight is 313 g/mol. The molecule has 0 aliphatic carbocycles. The molecule has 23 heavy (non-hydrogen) atoms. The molecule has 0 saturated heterocycles. The number of benzene rings is 1. The molecule has 0 atom stereocenters. The summed E-state index contributed by atoms with van der Waals surface area (Å²) in [6.45, 7) is 5.82. The first-order valence-corrected chi connectivity index (χ1v) is 7.19. The van der Waals surface area contributed by atoms with E-state index in [2.05, 4.69) is 10.6 Å². The van der Waals surface area contributed by atoms with Crippen molar-refractivity contribution in [2.24, 2.45) is 0 Å². The number of hydrogen-bond acceptors (Lipinski definition) is 5. The highest BCUT2D eigenvalue weighted by atomic mass is 16.6. The van der Waals surface area contributed by atoms with Gasteiger partial charge in [-0.05, 0) is 45.0 Å². The van der Waals surface area contributed by atoms with E-state index >= 15 is 0 Å². The maximum absolute atomic E-state index is 11.9. The number of nitriles is 1. The molecule has 2 aromatic rings. The minimum absolute atomic E-state index is 0.266. The minimum Gasteiger partial charge on any atom is -0.449 e. The molecular weight excluding hydrogens is 294 g/mol. The van der Waals surface area contributed by atoms with Crippen LogP contribution < -0.4 is 10.6 Å². The van der Waals surface area contributed by atoms with Crippen LogP contribution in [0.2, 0.25) is 0 Å². The van der Waals surface area contributed by atoms with Gasteiger partial charge in [-0.2, -0.15) is 5.26 Å². The van der Waals surface area contributed by atoms with Crippen LogP contribution in [0.5, 0.6) is 0 Å². The Morgan fingerprint density at radius 2 is 1.91 bits per heavy atom. The highest BCUT2D eigenvalue weighted by molar-refractivity contribution is 5.89. The van der Waals surface area contributed by atoms with Gasteiger partial charge in [-0.15, -0.1) is 0 Å². The Bertz CT molecular complexity index is 723. The largest absolute Gasteiger partial charge is 0.449 e. The summed E-state index contributed by atoms with van der Waals surface area (Å²) in [5.41, 5.74) is 0.774. The van der Waals surface area contributed by atoms with Gasteiger partial charge in [0.05, 0.1) is 17.9 Å². The van der Waals surface area contributed by atoms with Crippen LogP contribution in [0.1, 0.15) is 32.3 Å². The van der Waals surface area contributed by atoms with Gasteiger partial charge in [-0.1, -0.05) is 12.1 Å². The standard InChI is InChI=1S/C17H19N3O3/c1-17(2,3)23-16(21)20-15-7-5-4-6-14(15)19-11-13-9-8-12(10-18)22-13/h4-9,19H,11H2,1-3H3,(H,20,21). The molecule has 0 aliphatic heterocycles. The van der Waals surface area contributed by atoms with E-state index in [0.29, 0.717) is 18.0 Å². The van der Waals surface area contributed by atoms with Gasteiger partial charge in [-0.3, -0.25) is 5.32 Å². The zero-order chi connectivity index (χ0) is 16.9. The van der Waals surface area contributed by atoms with E-state index in [4.69, 9.17) is 14.4 Å². The molecule has 0 saturated carbocycles. The highest BCUT2D eigenvalue weighted by Gasteiger charge is 2.17. The third kappa shape index (κ3) is 5.08. The number of anilines is 2. The maximum Gasteiger partial charge on any atom is 0.412 e. The van der Waals surface area contributed by atoms with Gasteiger partial charge >= 0.3 is 6.09 Å². The maximum atomic E-state index is 11.9.